The number of allylic oxidation sites excluding steroid dienone is 2. The molecule has 2 aliphatic carbocycles. The van der Waals surface area contributed by atoms with Crippen LogP contribution >= 0.6 is 0 Å². The Balaban J connectivity index is 1.38. The Bertz CT molecular complexity index is 1040. The second-order valence-corrected chi connectivity index (χ2v) is 12.9. The van der Waals surface area contributed by atoms with Gasteiger partial charge < -0.3 is 9.47 Å². The van der Waals surface area contributed by atoms with Gasteiger partial charge in [-0.2, -0.15) is 0 Å². The molecule has 1 aromatic carbocycles. The summed E-state index contributed by atoms with van der Waals surface area (Å²) < 4.78 is 11.2. The summed E-state index contributed by atoms with van der Waals surface area (Å²) in [6, 6.07) is 7.15. The van der Waals surface area contributed by atoms with Crippen LogP contribution in [0.5, 0.6) is 0 Å². The van der Waals surface area contributed by atoms with E-state index in [1.807, 2.05) is 41.5 Å². The molecule has 0 saturated heterocycles. The van der Waals surface area contributed by atoms with Crippen molar-refractivity contribution in [2.45, 2.75) is 113 Å². The number of rotatable bonds is 10. The average Bonchev–Trinajstić information content (AvgIpc) is 2.92. The molecule has 216 valence electrons. The molecule has 0 unspecified atom stereocenters. The molecule has 2 fully saturated rings. The Morgan fingerprint density at radius 1 is 0.641 bits per heavy atom. The largest absolute Gasteiger partial charge is 0.462 e. The minimum atomic E-state index is -0.156. The van der Waals surface area contributed by atoms with E-state index in [2.05, 4.69) is 25.1 Å². The van der Waals surface area contributed by atoms with Crippen molar-refractivity contribution in [1.29, 1.82) is 0 Å². The predicted molar refractivity (Wildman–Crippen MR) is 159 cm³/mol. The Hall–Kier alpha value is -2.36. The lowest BCUT2D eigenvalue weighted by atomic mass is 9.78. The standard InChI is InChI=1S/C35H52O4/c1-23(2)26(6)34(36)38-21-30-12-8-28(9-13-30)19-32-16-17-33(25(5)18-32)20-29-10-14-31(15-11-29)22-39-35(37)27(7)24(3)4/h16-18,28-31H,8-15,19-22H2,1-7H3. The van der Waals surface area contributed by atoms with Gasteiger partial charge in [0, 0.05) is 11.1 Å². The summed E-state index contributed by atoms with van der Waals surface area (Å²) in [5, 5.41) is 0. The molecule has 0 amide bonds. The normalized spacial score (nSPS) is 23.1. The van der Waals surface area contributed by atoms with Crippen molar-refractivity contribution in [1.82, 2.24) is 0 Å². The van der Waals surface area contributed by atoms with Gasteiger partial charge in [0.25, 0.3) is 0 Å². The summed E-state index contributed by atoms with van der Waals surface area (Å²) in [5.74, 6) is 2.15. The Morgan fingerprint density at radius 3 is 1.46 bits per heavy atom. The zero-order valence-electron chi connectivity index (χ0n) is 25.7. The van der Waals surface area contributed by atoms with Crippen LogP contribution in [0.1, 0.15) is 110 Å². The maximum Gasteiger partial charge on any atom is 0.333 e. The smallest absolute Gasteiger partial charge is 0.333 e. The fourth-order valence-corrected chi connectivity index (χ4v) is 5.97. The van der Waals surface area contributed by atoms with Gasteiger partial charge in [0.15, 0.2) is 0 Å². The minimum Gasteiger partial charge on any atom is -0.462 e. The van der Waals surface area contributed by atoms with Crippen LogP contribution in [0.25, 0.3) is 0 Å². The summed E-state index contributed by atoms with van der Waals surface area (Å²) in [7, 11) is 0. The van der Waals surface area contributed by atoms with Crippen molar-refractivity contribution >= 4 is 11.9 Å². The summed E-state index contributed by atoms with van der Waals surface area (Å²) >= 11 is 0. The van der Waals surface area contributed by atoms with Gasteiger partial charge in [-0.15, -0.1) is 0 Å². The zero-order chi connectivity index (χ0) is 28.5. The van der Waals surface area contributed by atoms with Crippen molar-refractivity contribution in [2.75, 3.05) is 13.2 Å². The summed E-state index contributed by atoms with van der Waals surface area (Å²) in [6.07, 6.45) is 11.8. The predicted octanol–water partition coefficient (Wildman–Crippen LogP) is 8.49. The van der Waals surface area contributed by atoms with Gasteiger partial charge in [0.05, 0.1) is 13.2 Å². The van der Waals surface area contributed by atoms with Gasteiger partial charge in [-0.05, 0) is 153 Å². The van der Waals surface area contributed by atoms with Gasteiger partial charge in [-0.1, -0.05) is 29.3 Å². The third kappa shape index (κ3) is 9.65. The van der Waals surface area contributed by atoms with Crippen LogP contribution in [0.15, 0.2) is 40.5 Å². The first kappa shape index (κ1) is 31.2. The fraction of sp³-hybridized carbons (Fsp3) is 0.657. The quantitative estimate of drug-likeness (QED) is 0.222. The number of benzene rings is 1. The lowest BCUT2D eigenvalue weighted by Gasteiger charge is -2.29. The molecule has 1 aromatic rings. The van der Waals surface area contributed by atoms with E-state index in [1.165, 1.54) is 42.4 Å². The highest BCUT2D eigenvalue weighted by Crippen LogP contribution is 2.34. The molecule has 2 saturated carbocycles. The summed E-state index contributed by atoms with van der Waals surface area (Å²) in [6.45, 7) is 14.9. The molecular formula is C35H52O4. The highest BCUT2D eigenvalue weighted by molar-refractivity contribution is 5.88. The van der Waals surface area contributed by atoms with Gasteiger partial charge in [0.2, 0.25) is 0 Å². The molecular weight excluding hydrogens is 484 g/mol. The van der Waals surface area contributed by atoms with Crippen LogP contribution in [0.4, 0.5) is 0 Å². The van der Waals surface area contributed by atoms with Crippen molar-refractivity contribution < 1.29 is 19.1 Å². The van der Waals surface area contributed by atoms with Crippen LogP contribution in [0, 0.1) is 30.6 Å². The lowest BCUT2D eigenvalue weighted by molar-refractivity contribution is -0.141. The van der Waals surface area contributed by atoms with Gasteiger partial charge >= 0.3 is 11.9 Å². The number of carbonyl (C=O) groups is 2. The van der Waals surface area contributed by atoms with E-state index in [0.29, 0.717) is 25.0 Å². The van der Waals surface area contributed by atoms with E-state index >= 15 is 0 Å². The van der Waals surface area contributed by atoms with Crippen molar-refractivity contribution in [2.24, 2.45) is 23.7 Å². The molecule has 0 spiro atoms. The molecule has 39 heavy (non-hydrogen) atoms. The van der Waals surface area contributed by atoms with E-state index in [4.69, 9.17) is 9.47 Å². The van der Waals surface area contributed by atoms with E-state index in [0.717, 1.165) is 72.7 Å². The minimum absolute atomic E-state index is 0.156. The maximum absolute atomic E-state index is 12.1. The Morgan fingerprint density at radius 2 is 1.05 bits per heavy atom. The first-order valence-corrected chi connectivity index (χ1v) is 15.2. The number of carbonyl (C=O) groups excluding carboxylic acids is 2. The maximum atomic E-state index is 12.1. The van der Waals surface area contributed by atoms with E-state index in [-0.39, 0.29) is 11.9 Å². The summed E-state index contributed by atoms with van der Waals surface area (Å²) in [4.78, 5) is 24.2. The van der Waals surface area contributed by atoms with Crippen LogP contribution in [-0.2, 0) is 31.9 Å². The third-order valence-corrected chi connectivity index (χ3v) is 9.39. The molecule has 0 aromatic heterocycles. The fourth-order valence-electron chi connectivity index (χ4n) is 5.97. The van der Waals surface area contributed by atoms with Crippen LogP contribution in [0.2, 0.25) is 0 Å². The van der Waals surface area contributed by atoms with Crippen LogP contribution in [-0.4, -0.2) is 25.2 Å². The van der Waals surface area contributed by atoms with Crippen LogP contribution < -0.4 is 0 Å². The van der Waals surface area contributed by atoms with Gasteiger partial charge in [-0.25, -0.2) is 9.59 Å². The first-order chi connectivity index (χ1) is 18.5. The molecule has 0 heterocycles. The Labute approximate surface area is 237 Å². The number of hydrogen-bond acceptors (Lipinski definition) is 4. The molecule has 0 radical (unpaired) electrons. The Kier molecular flexibility index (Phi) is 11.9. The number of aryl methyl sites for hydroxylation is 1. The number of hydrogen-bond donors (Lipinski definition) is 0. The van der Waals surface area contributed by atoms with E-state index in [9.17, 15) is 9.59 Å². The molecule has 0 aliphatic heterocycles. The summed E-state index contributed by atoms with van der Waals surface area (Å²) in [5.41, 5.74) is 7.92. The van der Waals surface area contributed by atoms with Crippen molar-refractivity contribution in [3.63, 3.8) is 0 Å². The third-order valence-electron chi connectivity index (χ3n) is 9.39. The number of esters is 2. The van der Waals surface area contributed by atoms with Crippen molar-refractivity contribution in [3.8, 4) is 0 Å². The molecule has 0 bridgehead atoms. The highest BCUT2D eigenvalue weighted by atomic mass is 16.5. The zero-order valence-corrected chi connectivity index (χ0v) is 25.7. The van der Waals surface area contributed by atoms with E-state index < -0.39 is 0 Å². The van der Waals surface area contributed by atoms with Crippen molar-refractivity contribution in [3.05, 3.63) is 57.2 Å². The molecule has 0 atom stereocenters. The van der Waals surface area contributed by atoms with E-state index in [1.54, 1.807) is 0 Å². The van der Waals surface area contributed by atoms with Gasteiger partial charge in [-0.3, -0.25) is 0 Å². The first-order valence-electron chi connectivity index (χ1n) is 15.2. The molecule has 0 N–H and O–H groups in total. The topological polar surface area (TPSA) is 52.6 Å². The molecule has 3 rings (SSSR count). The lowest BCUT2D eigenvalue weighted by Crippen LogP contribution is -2.22. The monoisotopic (exact) mass is 536 g/mol. The second-order valence-electron chi connectivity index (χ2n) is 12.9. The van der Waals surface area contributed by atoms with Gasteiger partial charge in [0.1, 0.15) is 0 Å². The molecule has 2 aliphatic rings. The van der Waals surface area contributed by atoms with Crippen LogP contribution in [0.3, 0.4) is 0 Å². The second kappa shape index (κ2) is 14.9. The average molecular weight is 537 g/mol. The molecule has 4 nitrogen and oxygen atoms in total. The SMILES string of the molecule is CC(C)=C(C)C(=O)OCC1CCC(Cc2ccc(CC3CCC(COC(=O)C(C)=C(C)C)CC3)c(C)c2)CC1. The molecule has 4 heteroatoms. The number of ether oxygens (including phenoxy) is 2. The highest BCUT2D eigenvalue weighted by Gasteiger charge is 2.25.